The van der Waals surface area contributed by atoms with Gasteiger partial charge in [0.1, 0.15) is 11.4 Å². The van der Waals surface area contributed by atoms with Gasteiger partial charge in [0, 0.05) is 13.1 Å². The summed E-state index contributed by atoms with van der Waals surface area (Å²) in [6.07, 6.45) is 1.53. The van der Waals surface area contributed by atoms with Crippen molar-refractivity contribution in [3.8, 4) is 0 Å². The average molecular weight is 365 g/mol. The molecule has 0 atom stereocenters. The van der Waals surface area contributed by atoms with Crippen LogP contribution >= 0.6 is 0 Å². The second-order valence-corrected chi connectivity index (χ2v) is 5.26. The summed E-state index contributed by atoms with van der Waals surface area (Å²) in [5.41, 5.74) is -0.281. The number of rotatable bonds is 10. The van der Waals surface area contributed by atoms with Crippen molar-refractivity contribution in [2.24, 2.45) is 0 Å². The number of carbonyl (C=O) groups excluding carboxylic acids is 4. The van der Waals surface area contributed by atoms with E-state index >= 15 is 0 Å². The quantitative estimate of drug-likeness (QED) is 0.577. The average Bonchev–Trinajstić information content (AvgIpc) is 2.66. The van der Waals surface area contributed by atoms with Crippen LogP contribution in [0.25, 0.3) is 0 Å². The van der Waals surface area contributed by atoms with E-state index in [9.17, 15) is 19.2 Å². The topological polar surface area (TPSA) is 124 Å². The van der Waals surface area contributed by atoms with Crippen LogP contribution in [-0.2, 0) is 19.1 Å². The predicted molar refractivity (Wildman–Crippen MR) is 91.4 cm³/mol. The minimum Gasteiger partial charge on any atom is -0.451 e. The van der Waals surface area contributed by atoms with Crippen molar-refractivity contribution in [2.45, 2.75) is 26.7 Å². The first-order chi connectivity index (χ1) is 12.5. The van der Waals surface area contributed by atoms with Gasteiger partial charge in [-0.3, -0.25) is 9.59 Å². The van der Waals surface area contributed by atoms with Crippen LogP contribution in [-0.4, -0.2) is 55.0 Å². The van der Waals surface area contributed by atoms with E-state index in [0.29, 0.717) is 13.1 Å². The van der Waals surface area contributed by atoms with Gasteiger partial charge < -0.3 is 20.1 Å². The monoisotopic (exact) mass is 365 g/mol. The number of hydrogen-bond donors (Lipinski definition) is 2. The van der Waals surface area contributed by atoms with Crippen molar-refractivity contribution < 1.29 is 28.7 Å². The lowest BCUT2D eigenvalue weighted by molar-refractivity contribution is -0.124. The Hall–Kier alpha value is -2.97. The molecule has 142 valence electrons. The Kier molecular flexibility index (Phi) is 9.37. The molecule has 0 saturated heterocycles. The number of carbonyl (C=O) groups is 4. The minimum atomic E-state index is -0.841. The van der Waals surface area contributed by atoms with Gasteiger partial charge in [-0.2, -0.15) is 0 Å². The summed E-state index contributed by atoms with van der Waals surface area (Å²) in [4.78, 5) is 50.5. The minimum absolute atomic E-state index is 0.141. The lowest BCUT2D eigenvalue weighted by Gasteiger charge is -2.07. The van der Waals surface area contributed by atoms with E-state index in [0.717, 1.165) is 12.8 Å². The summed E-state index contributed by atoms with van der Waals surface area (Å²) in [5.74, 6) is -2.53. The molecule has 26 heavy (non-hydrogen) atoms. The molecule has 2 N–H and O–H groups in total. The molecule has 0 aliphatic rings. The van der Waals surface area contributed by atoms with Gasteiger partial charge in [0.15, 0.2) is 13.2 Å². The Morgan fingerprint density at radius 1 is 0.846 bits per heavy atom. The predicted octanol–water partition coefficient (Wildman–Crippen LogP) is 0.448. The van der Waals surface area contributed by atoms with Crippen molar-refractivity contribution in [1.82, 2.24) is 15.6 Å². The highest BCUT2D eigenvalue weighted by Gasteiger charge is 2.16. The second kappa shape index (κ2) is 11.6. The van der Waals surface area contributed by atoms with Gasteiger partial charge in [0.05, 0.1) is 0 Å². The first-order valence-corrected chi connectivity index (χ1v) is 8.32. The van der Waals surface area contributed by atoms with Crippen molar-refractivity contribution in [1.29, 1.82) is 0 Å². The van der Waals surface area contributed by atoms with Crippen molar-refractivity contribution in [2.75, 3.05) is 26.3 Å². The molecular weight excluding hydrogens is 342 g/mol. The molecule has 1 aromatic heterocycles. The molecule has 1 aromatic rings. The van der Waals surface area contributed by atoms with E-state index in [1.165, 1.54) is 18.2 Å². The summed E-state index contributed by atoms with van der Waals surface area (Å²) in [5, 5.41) is 5.12. The van der Waals surface area contributed by atoms with E-state index in [1.807, 2.05) is 13.8 Å². The molecule has 0 bridgehead atoms. The number of nitrogens with zero attached hydrogens (tertiary/aromatic N) is 1. The van der Waals surface area contributed by atoms with E-state index in [2.05, 4.69) is 15.6 Å². The molecule has 0 aliphatic heterocycles. The number of amides is 2. The largest absolute Gasteiger partial charge is 0.451 e. The van der Waals surface area contributed by atoms with Crippen molar-refractivity contribution in [3.05, 3.63) is 29.6 Å². The number of nitrogens with one attached hydrogen (secondary N) is 2. The fourth-order valence-electron chi connectivity index (χ4n) is 1.70. The molecule has 0 radical (unpaired) electrons. The third kappa shape index (κ3) is 7.73. The number of esters is 2. The number of hydrogen-bond acceptors (Lipinski definition) is 7. The fourth-order valence-corrected chi connectivity index (χ4v) is 1.70. The SMILES string of the molecule is CCCNC(=O)COC(=O)c1cccc(C(=O)OCC(=O)NCCC)n1. The van der Waals surface area contributed by atoms with Crippen LogP contribution in [0.5, 0.6) is 0 Å². The summed E-state index contributed by atoms with van der Waals surface area (Å²) in [6, 6.07) is 4.11. The molecule has 0 aromatic carbocycles. The van der Waals surface area contributed by atoms with Crippen LogP contribution in [0.1, 0.15) is 47.7 Å². The first kappa shape index (κ1) is 21.1. The second-order valence-electron chi connectivity index (χ2n) is 5.26. The molecule has 1 heterocycles. The zero-order valence-corrected chi connectivity index (χ0v) is 14.9. The smallest absolute Gasteiger partial charge is 0.357 e. The van der Waals surface area contributed by atoms with E-state index in [-0.39, 0.29) is 11.4 Å². The molecule has 9 nitrogen and oxygen atoms in total. The molecule has 1 rings (SSSR count). The van der Waals surface area contributed by atoms with Gasteiger partial charge in [-0.15, -0.1) is 0 Å². The summed E-state index contributed by atoms with van der Waals surface area (Å²) in [7, 11) is 0. The highest BCUT2D eigenvalue weighted by Crippen LogP contribution is 2.03. The van der Waals surface area contributed by atoms with Gasteiger partial charge in [0.25, 0.3) is 11.8 Å². The van der Waals surface area contributed by atoms with Crippen LogP contribution in [0.4, 0.5) is 0 Å². The summed E-state index contributed by atoms with van der Waals surface area (Å²) in [6.45, 7) is 3.89. The Morgan fingerprint density at radius 2 is 1.27 bits per heavy atom. The van der Waals surface area contributed by atoms with Gasteiger partial charge in [-0.25, -0.2) is 14.6 Å². The number of ether oxygens (including phenoxy) is 2. The van der Waals surface area contributed by atoms with Gasteiger partial charge in [0.2, 0.25) is 0 Å². The standard InChI is InChI=1S/C17H23N3O6/c1-3-8-18-14(21)10-25-16(23)12-6-5-7-13(20-12)17(24)26-11-15(22)19-9-4-2/h5-7H,3-4,8-11H2,1-2H3,(H,18,21)(H,19,22). The Labute approximate surface area is 151 Å². The third-order valence-electron chi connectivity index (χ3n) is 2.98. The first-order valence-electron chi connectivity index (χ1n) is 8.32. The third-order valence-corrected chi connectivity index (χ3v) is 2.98. The lowest BCUT2D eigenvalue weighted by atomic mass is 10.3. The molecule has 0 spiro atoms. The zero-order chi connectivity index (χ0) is 19.4. The summed E-state index contributed by atoms with van der Waals surface area (Å²) < 4.78 is 9.67. The van der Waals surface area contributed by atoms with Crippen LogP contribution in [0, 0.1) is 0 Å². The normalized spacial score (nSPS) is 9.92. The highest BCUT2D eigenvalue weighted by molar-refractivity contribution is 5.93. The molecular formula is C17H23N3O6. The maximum atomic E-state index is 11.9. The fraction of sp³-hybridized carbons (Fsp3) is 0.471. The highest BCUT2D eigenvalue weighted by atomic mass is 16.5. The van der Waals surface area contributed by atoms with Crippen molar-refractivity contribution in [3.63, 3.8) is 0 Å². The lowest BCUT2D eigenvalue weighted by Crippen LogP contribution is -2.30. The molecule has 0 aliphatic carbocycles. The number of aromatic nitrogens is 1. The van der Waals surface area contributed by atoms with Crippen LogP contribution in [0.3, 0.4) is 0 Å². The molecule has 0 fully saturated rings. The molecule has 9 heteroatoms. The zero-order valence-electron chi connectivity index (χ0n) is 14.9. The van der Waals surface area contributed by atoms with Crippen LogP contribution in [0.15, 0.2) is 18.2 Å². The molecule has 0 unspecified atom stereocenters. The number of pyridine rings is 1. The van der Waals surface area contributed by atoms with Crippen LogP contribution in [0.2, 0.25) is 0 Å². The van der Waals surface area contributed by atoms with Crippen molar-refractivity contribution >= 4 is 23.8 Å². The van der Waals surface area contributed by atoms with Gasteiger partial charge >= 0.3 is 11.9 Å². The Morgan fingerprint density at radius 3 is 1.65 bits per heavy atom. The molecule has 0 saturated carbocycles. The molecule has 2 amide bonds. The Balaban J connectivity index is 2.55. The van der Waals surface area contributed by atoms with Gasteiger partial charge in [-0.1, -0.05) is 19.9 Å². The summed E-state index contributed by atoms with van der Waals surface area (Å²) >= 11 is 0. The maximum absolute atomic E-state index is 11.9. The van der Waals surface area contributed by atoms with E-state index < -0.39 is 37.0 Å². The van der Waals surface area contributed by atoms with Gasteiger partial charge in [-0.05, 0) is 25.0 Å². The van der Waals surface area contributed by atoms with Crippen LogP contribution < -0.4 is 10.6 Å². The maximum Gasteiger partial charge on any atom is 0.357 e. The van der Waals surface area contributed by atoms with E-state index in [4.69, 9.17) is 9.47 Å². The van der Waals surface area contributed by atoms with E-state index in [1.54, 1.807) is 0 Å². The Bertz CT molecular complexity index is 596.